The summed E-state index contributed by atoms with van der Waals surface area (Å²) < 4.78 is 17.4. The van der Waals surface area contributed by atoms with Gasteiger partial charge in [0.25, 0.3) is 0 Å². The van der Waals surface area contributed by atoms with Gasteiger partial charge in [-0.1, -0.05) is 32.0 Å². The molecule has 1 aromatic rings. The highest BCUT2D eigenvalue weighted by Gasteiger charge is 2.21. The first-order valence-electron chi connectivity index (χ1n) is 10.4. The molecule has 0 amide bonds. The molecular formula is C22H35NO7. The van der Waals surface area contributed by atoms with Crippen LogP contribution in [-0.2, 0) is 19.1 Å². The third-order valence-electron chi connectivity index (χ3n) is 4.78. The minimum absolute atomic E-state index is 0.314. The van der Waals surface area contributed by atoms with Crippen molar-refractivity contribution in [1.82, 2.24) is 4.90 Å². The molecule has 30 heavy (non-hydrogen) atoms. The summed E-state index contributed by atoms with van der Waals surface area (Å²) in [7, 11) is 0. The van der Waals surface area contributed by atoms with E-state index in [2.05, 4.69) is 50.8 Å². The van der Waals surface area contributed by atoms with Crippen molar-refractivity contribution in [2.24, 2.45) is 0 Å². The van der Waals surface area contributed by atoms with E-state index in [0.29, 0.717) is 31.3 Å². The number of ether oxygens (including phenoxy) is 3. The van der Waals surface area contributed by atoms with Crippen LogP contribution in [-0.4, -0.2) is 78.7 Å². The van der Waals surface area contributed by atoms with Crippen LogP contribution in [0, 0.1) is 0 Å². The van der Waals surface area contributed by atoms with Gasteiger partial charge in [0.1, 0.15) is 12.4 Å². The van der Waals surface area contributed by atoms with Gasteiger partial charge in [-0.15, -0.1) is 0 Å². The number of benzene rings is 1. The number of carbonyl (C=O) groups is 2. The molecule has 170 valence electrons. The van der Waals surface area contributed by atoms with E-state index in [9.17, 15) is 0 Å². The van der Waals surface area contributed by atoms with Crippen LogP contribution in [0.1, 0.15) is 45.6 Å². The summed E-state index contributed by atoms with van der Waals surface area (Å²) in [6, 6.07) is 8.32. The van der Waals surface area contributed by atoms with E-state index < -0.39 is 11.9 Å². The van der Waals surface area contributed by atoms with Crippen LogP contribution >= 0.6 is 0 Å². The molecule has 0 bridgehead atoms. The van der Waals surface area contributed by atoms with Crippen molar-refractivity contribution in [3.05, 3.63) is 29.8 Å². The molecule has 2 rings (SSSR count). The maximum absolute atomic E-state index is 9.10. The Bertz CT molecular complexity index is 630. The molecule has 1 saturated heterocycles. The summed E-state index contributed by atoms with van der Waals surface area (Å²) in [4.78, 5) is 20.6. The number of morpholine rings is 1. The van der Waals surface area contributed by atoms with E-state index in [1.54, 1.807) is 0 Å². The SMILES string of the molecule is CCC(C)c1ccccc1OCCOCCN1CC(C)OC(C)C1.O=C(O)C(=O)O. The number of hydrogen-bond acceptors (Lipinski definition) is 6. The Balaban J connectivity index is 0.000000656. The van der Waals surface area contributed by atoms with Crippen molar-refractivity contribution >= 4 is 11.9 Å². The van der Waals surface area contributed by atoms with Crippen LogP contribution in [0.3, 0.4) is 0 Å². The van der Waals surface area contributed by atoms with Gasteiger partial charge in [0.15, 0.2) is 0 Å². The van der Waals surface area contributed by atoms with Crippen LogP contribution < -0.4 is 4.74 Å². The van der Waals surface area contributed by atoms with Crippen LogP contribution in [0.2, 0.25) is 0 Å². The molecule has 0 spiro atoms. The minimum Gasteiger partial charge on any atom is -0.491 e. The Kier molecular flexibility index (Phi) is 12.0. The fourth-order valence-corrected chi connectivity index (χ4v) is 3.21. The lowest BCUT2D eigenvalue weighted by molar-refractivity contribution is -0.159. The Hall–Kier alpha value is -2.16. The van der Waals surface area contributed by atoms with Crippen molar-refractivity contribution < 1.29 is 34.0 Å². The smallest absolute Gasteiger partial charge is 0.414 e. The van der Waals surface area contributed by atoms with Gasteiger partial charge in [0, 0.05) is 19.6 Å². The van der Waals surface area contributed by atoms with E-state index in [4.69, 9.17) is 34.0 Å². The normalized spacial score (nSPS) is 20.0. The lowest BCUT2D eigenvalue weighted by Gasteiger charge is -2.35. The summed E-state index contributed by atoms with van der Waals surface area (Å²) in [5.74, 6) is -2.14. The molecule has 1 fully saturated rings. The molecule has 1 aliphatic rings. The highest BCUT2D eigenvalue weighted by molar-refractivity contribution is 6.27. The Morgan fingerprint density at radius 3 is 2.27 bits per heavy atom. The van der Waals surface area contributed by atoms with Gasteiger partial charge in [-0.3, -0.25) is 4.90 Å². The lowest BCUT2D eigenvalue weighted by Crippen LogP contribution is -2.46. The van der Waals surface area contributed by atoms with E-state index in [-0.39, 0.29) is 0 Å². The molecule has 0 aliphatic carbocycles. The van der Waals surface area contributed by atoms with Crippen molar-refractivity contribution in [3.63, 3.8) is 0 Å². The number of carboxylic acids is 2. The minimum atomic E-state index is -1.82. The van der Waals surface area contributed by atoms with Crippen LogP contribution in [0.4, 0.5) is 0 Å². The number of hydrogen-bond donors (Lipinski definition) is 2. The molecule has 3 atom stereocenters. The third-order valence-corrected chi connectivity index (χ3v) is 4.78. The van der Waals surface area contributed by atoms with E-state index >= 15 is 0 Å². The fraction of sp³-hybridized carbons (Fsp3) is 0.636. The second kappa shape index (κ2) is 14.0. The zero-order valence-electron chi connectivity index (χ0n) is 18.4. The van der Waals surface area contributed by atoms with Gasteiger partial charge >= 0.3 is 11.9 Å². The summed E-state index contributed by atoms with van der Waals surface area (Å²) in [6.07, 6.45) is 1.75. The van der Waals surface area contributed by atoms with Crippen molar-refractivity contribution in [2.75, 3.05) is 39.5 Å². The van der Waals surface area contributed by atoms with Crippen molar-refractivity contribution in [3.8, 4) is 5.75 Å². The number of para-hydroxylation sites is 1. The molecule has 1 aromatic carbocycles. The van der Waals surface area contributed by atoms with E-state index in [1.165, 1.54) is 5.56 Å². The first-order valence-corrected chi connectivity index (χ1v) is 10.4. The maximum Gasteiger partial charge on any atom is 0.414 e. The van der Waals surface area contributed by atoms with Crippen molar-refractivity contribution in [2.45, 2.75) is 52.2 Å². The van der Waals surface area contributed by atoms with Crippen molar-refractivity contribution in [1.29, 1.82) is 0 Å². The van der Waals surface area contributed by atoms with Gasteiger partial charge in [-0.05, 0) is 37.8 Å². The van der Waals surface area contributed by atoms with Gasteiger partial charge in [0.05, 0.1) is 25.4 Å². The highest BCUT2D eigenvalue weighted by Crippen LogP contribution is 2.28. The quantitative estimate of drug-likeness (QED) is 0.460. The molecule has 2 N–H and O–H groups in total. The number of aliphatic carboxylic acids is 2. The average Bonchev–Trinajstić information content (AvgIpc) is 2.70. The van der Waals surface area contributed by atoms with E-state index in [1.807, 2.05) is 6.07 Å². The summed E-state index contributed by atoms with van der Waals surface area (Å²) in [5, 5.41) is 14.8. The standard InChI is InChI=1S/C20H33NO3.C2H2O4/c1-5-16(2)19-8-6-7-9-20(19)23-13-12-22-11-10-21-14-17(3)24-18(4)15-21;3-1(4)2(5)6/h6-9,16-18H,5,10-15H2,1-4H3;(H,3,4)(H,5,6). The largest absolute Gasteiger partial charge is 0.491 e. The Labute approximate surface area is 178 Å². The monoisotopic (exact) mass is 425 g/mol. The Morgan fingerprint density at radius 1 is 1.10 bits per heavy atom. The van der Waals surface area contributed by atoms with Crippen LogP contribution in [0.25, 0.3) is 0 Å². The average molecular weight is 426 g/mol. The molecule has 1 heterocycles. The van der Waals surface area contributed by atoms with Gasteiger partial charge < -0.3 is 24.4 Å². The molecule has 0 radical (unpaired) electrons. The zero-order chi connectivity index (χ0) is 22.5. The van der Waals surface area contributed by atoms with Crippen LogP contribution in [0.5, 0.6) is 5.75 Å². The molecular weight excluding hydrogens is 390 g/mol. The van der Waals surface area contributed by atoms with Crippen LogP contribution in [0.15, 0.2) is 24.3 Å². The third kappa shape index (κ3) is 10.0. The maximum atomic E-state index is 9.10. The summed E-state index contributed by atoms with van der Waals surface area (Å²) >= 11 is 0. The first-order chi connectivity index (χ1) is 14.2. The highest BCUT2D eigenvalue weighted by atomic mass is 16.5. The predicted molar refractivity (Wildman–Crippen MR) is 113 cm³/mol. The number of rotatable bonds is 9. The van der Waals surface area contributed by atoms with E-state index in [0.717, 1.165) is 38.4 Å². The van der Waals surface area contributed by atoms with Gasteiger partial charge in [-0.25, -0.2) is 9.59 Å². The topological polar surface area (TPSA) is 106 Å². The molecule has 0 saturated carbocycles. The molecule has 1 aliphatic heterocycles. The summed E-state index contributed by atoms with van der Waals surface area (Å²) in [5.41, 5.74) is 1.29. The second-order valence-corrected chi connectivity index (χ2v) is 7.44. The van der Waals surface area contributed by atoms with Gasteiger partial charge in [0.2, 0.25) is 0 Å². The number of carboxylic acid groups (broad SMARTS) is 2. The molecule has 8 nitrogen and oxygen atoms in total. The molecule has 8 heteroatoms. The molecule has 0 aromatic heterocycles. The Morgan fingerprint density at radius 2 is 1.70 bits per heavy atom. The second-order valence-electron chi connectivity index (χ2n) is 7.44. The number of nitrogens with zero attached hydrogens (tertiary/aromatic N) is 1. The first kappa shape index (κ1) is 25.9. The zero-order valence-corrected chi connectivity index (χ0v) is 18.4. The predicted octanol–water partition coefficient (Wildman–Crippen LogP) is 2.86. The van der Waals surface area contributed by atoms with Gasteiger partial charge in [-0.2, -0.15) is 0 Å². The summed E-state index contributed by atoms with van der Waals surface area (Å²) in [6.45, 7) is 13.6. The molecule has 3 unspecified atom stereocenters. The fourth-order valence-electron chi connectivity index (χ4n) is 3.21. The lowest BCUT2D eigenvalue weighted by atomic mass is 9.98.